The van der Waals surface area contributed by atoms with Crippen molar-refractivity contribution in [3.05, 3.63) is 84.2 Å². The SMILES string of the molecule is COc1ccc2nc(NC(=O)c3cc(-c4ccc(F)cc4)nc4ccccc34)sc2c1. The van der Waals surface area contributed by atoms with Gasteiger partial charge in [0.1, 0.15) is 11.6 Å². The summed E-state index contributed by atoms with van der Waals surface area (Å²) in [6, 6.07) is 20.8. The van der Waals surface area contributed by atoms with E-state index in [1.54, 1.807) is 25.3 Å². The van der Waals surface area contributed by atoms with E-state index < -0.39 is 0 Å². The first-order valence-corrected chi connectivity index (χ1v) is 10.3. The lowest BCUT2D eigenvalue weighted by Crippen LogP contribution is -2.13. The standard InChI is InChI=1S/C24H16FN3O2S/c1-30-16-10-11-20-22(12-16)31-24(27-20)28-23(29)18-13-21(14-6-8-15(25)9-7-14)26-19-5-3-2-4-17(18)19/h2-13H,1H3,(H,27,28,29). The number of thiazole rings is 1. The molecule has 0 unspecified atom stereocenters. The van der Waals surface area contributed by atoms with Gasteiger partial charge in [-0.15, -0.1) is 0 Å². The van der Waals surface area contributed by atoms with Crippen LogP contribution < -0.4 is 10.1 Å². The van der Waals surface area contributed by atoms with Gasteiger partial charge in [-0.2, -0.15) is 0 Å². The minimum Gasteiger partial charge on any atom is -0.497 e. The van der Waals surface area contributed by atoms with Crippen LogP contribution in [0.3, 0.4) is 0 Å². The number of ether oxygens (including phenoxy) is 1. The molecule has 0 saturated carbocycles. The third-order valence-electron chi connectivity index (χ3n) is 4.92. The van der Waals surface area contributed by atoms with Crippen LogP contribution in [0.25, 0.3) is 32.4 Å². The first-order valence-electron chi connectivity index (χ1n) is 9.52. The van der Waals surface area contributed by atoms with Gasteiger partial charge in [-0.05, 0) is 54.6 Å². The molecular formula is C24H16FN3O2S. The number of fused-ring (bicyclic) bond motifs is 2. The molecule has 5 rings (SSSR count). The smallest absolute Gasteiger partial charge is 0.258 e. The summed E-state index contributed by atoms with van der Waals surface area (Å²) in [4.78, 5) is 22.4. The number of aromatic nitrogens is 2. The summed E-state index contributed by atoms with van der Waals surface area (Å²) in [5, 5.41) is 4.13. The minimum absolute atomic E-state index is 0.284. The topological polar surface area (TPSA) is 64.1 Å². The molecule has 1 amide bonds. The Morgan fingerprint density at radius 1 is 0.968 bits per heavy atom. The number of carbonyl (C=O) groups excluding carboxylic acids is 1. The molecule has 0 saturated heterocycles. The molecule has 0 aliphatic carbocycles. The van der Waals surface area contributed by atoms with E-state index in [1.165, 1.54) is 23.5 Å². The monoisotopic (exact) mass is 429 g/mol. The molecule has 3 aromatic carbocycles. The summed E-state index contributed by atoms with van der Waals surface area (Å²) in [6.07, 6.45) is 0. The van der Waals surface area contributed by atoms with E-state index in [-0.39, 0.29) is 11.7 Å². The summed E-state index contributed by atoms with van der Waals surface area (Å²) in [6.45, 7) is 0. The van der Waals surface area contributed by atoms with Gasteiger partial charge in [-0.1, -0.05) is 29.5 Å². The lowest BCUT2D eigenvalue weighted by atomic mass is 10.0. The summed E-state index contributed by atoms with van der Waals surface area (Å²) in [5.74, 6) is 0.126. The number of halogens is 1. The number of anilines is 1. The summed E-state index contributed by atoms with van der Waals surface area (Å²) < 4.78 is 19.5. The third-order valence-corrected chi connectivity index (χ3v) is 5.85. The van der Waals surface area contributed by atoms with Crippen LogP contribution in [0.15, 0.2) is 72.8 Å². The summed E-state index contributed by atoms with van der Waals surface area (Å²) >= 11 is 1.38. The molecule has 0 aliphatic rings. The molecule has 2 heterocycles. The largest absolute Gasteiger partial charge is 0.497 e. The maximum absolute atomic E-state index is 13.3. The molecule has 31 heavy (non-hydrogen) atoms. The molecule has 0 radical (unpaired) electrons. The number of rotatable bonds is 4. The van der Waals surface area contributed by atoms with Crippen molar-refractivity contribution in [2.75, 3.05) is 12.4 Å². The van der Waals surface area contributed by atoms with Crippen molar-refractivity contribution in [2.24, 2.45) is 0 Å². The van der Waals surface area contributed by atoms with E-state index in [1.807, 2.05) is 42.5 Å². The van der Waals surface area contributed by atoms with Gasteiger partial charge >= 0.3 is 0 Å². The van der Waals surface area contributed by atoms with Crippen LogP contribution in [-0.4, -0.2) is 23.0 Å². The lowest BCUT2D eigenvalue weighted by molar-refractivity contribution is 0.102. The molecule has 1 N–H and O–H groups in total. The molecule has 7 heteroatoms. The Bertz CT molecular complexity index is 1430. The van der Waals surface area contributed by atoms with Gasteiger partial charge in [0.05, 0.1) is 34.1 Å². The number of hydrogen-bond acceptors (Lipinski definition) is 5. The molecule has 5 nitrogen and oxygen atoms in total. The van der Waals surface area contributed by atoms with Gasteiger partial charge in [0.2, 0.25) is 0 Å². The van der Waals surface area contributed by atoms with Crippen LogP contribution in [0.4, 0.5) is 9.52 Å². The summed E-state index contributed by atoms with van der Waals surface area (Å²) in [7, 11) is 1.61. The third kappa shape index (κ3) is 3.71. The van der Waals surface area contributed by atoms with E-state index in [9.17, 15) is 9.18 Å². The zero-order valence-electron chi connectivity index (χ0n) is 16.4. The number of para-hydroxylation sites is 1. The van der Waals surface area contributed by atoms with Crippen LogP contribution in [0.1, 0.15) is 10.4 Å². The van der Waals surface area contributed by atoms with Crippen LogP contribution >= 0.6 is 11.3 Å². The molecule has 5 aromatic rings. The molecule has 0 aliphatic heterocycles. The Morgan fingerprint density at radius 2 is 1.77 bits per heavy atom. The van der Waals surface area contributed by atoms with E-state index in [2.05, 4.69) is 15.3 Å². The number of hydrogen-bond donors (Lipinski definition) is 1. The van der Waals surface area contributed by atoms with Crippen molar-refractivity contribution in [1.82, 2.24) is 9.97 Å². The average molecular weight is 429 g/mol. The van der Waals surface area contributed by atoms with Gasteiger partial charge < -0.3 is 4.74 Å². The van der Waals surface area contributed by atoms with Crippen molar-refractivity contribution >= 4 is 43.5 Å². The molecule has 0 atom stereocenters. The number of amides is 1. The quantitative estimate of drug-likeness (QED) is 0.386. The predicted octanol–water partition coefficient (Wildman–Crippen LogP) is 5.91. The number of carbonyl (C=O) groups is 1. The van der Waals surface area contributed by atoms with E-state index in [0.717, 1.165) is 26.9 Å². The van der Waals surface area contributed by atoms with Crippen molar-refractivity contribution in [3.8, 4) is 17.0 Å². The molecule has 0 bridgehead atoms. The highest BCUT2D eigenvalue weighted by Gasteiger charge is 2.16. The first-order chi connectivity index (χ1) is 15.1. The number of pyridine rings is 1. The Kier molecular flexibility index (Phi) is 4.80. The molecular weight excluding hydrogens is 413 g/mol. The summed E-state index contributed by atoms with van der Waals surface area (Å²) in [5.41, 5.74) is 3.27. The van der Waals surface area contributed by atoms with Crippen LogP contribution in [0.2, 0.25) is 0 Å². The Hall–Kier alpha value is -3.84. The van der Waals surface area contributed by atoms with Gasteiger partial charge in [0.25, 0.3) is 5.91 Å². The minimum atomic E-state index is -0.324. The maximum Gasteiger partial charge on any atom is 0.258 e. The normalized spacial score (nSPS) is 11.0. The molecule has 0 fully saturated rings. The molecule has 152 valence electrons. The fourth-order valence-corrected chi connectivity index (χ4v) is 4.27. The van der Waals surface area contributed by atoms with Crippen molar-refractivity contribution in [3.63, 3.8) is 0 Å². The average Bonchev–Trinajstić information content (AvgIpc) is 3.20. The van der Waals surface area contributed by atoms with Crippen LogP contribution in [0, 0.1) is 5.82 Å². The second-order valence-electron chi connectivity index (χ2n) is 6.89. The fraction of sp³-hybridized carbons (Fsp3) is 0.0417. The van der Waals surface area contributed by atoms with Gasteiger partial charge in [0, 0.05) is 10.9 Å². The highest BCUT2D eigenvalue weighted by Crippen LogP contribution is 2.30. The number of benzene rings is 3. The van der Waals surface area contributed by atoms with Crippen molar-refractivity contribution < 1.29 is 13.9 Å². The second-order valence-corrected chi connectivity index (χ2v) is 7.92. The van der Waals surface area contributed by atoms with Crippen molar-refractivity contribution in [2.45, 2.75) is 0 Å². The zero-order valence-corrected chi connectivity index (χ0v) is 17.2. The Balaban J connectivity index is 1.55. The number of methoxy groups -OCH3 is 1. The Morgan fingerprint density at radius 3 is 2.58 bits per heavy atom. The maximum atomic E-state index is 13.3. The molecule has 2 aromatic heterocycles. The van der Waals surface area contributed by atoms with E-state index in [0.29, 0.717) is 21.9 Å². The predicted molar refractivity (Wildman–Crippen MR) is 121 cm³/mol. The molecule has 0 spiro atoms. The lowest BCUT2D eigenvalue weighted by Gasteiger charge is -2.09. The van der Waals surface area contributed by atoms with E-state index >= 15 is 0 Å². The zero-order chi connectivity index (χ0) is 21.4. The van der Waals surface area contributed by atoms with Gasteiger partial charge in [0.15, 0.2) is 5.13 Å². The number of nitrogens with zero attached hydrogens (tertiary/aromatic N) is 2. The van der Waals surface area contributed by atoms with Gasteiger partial charge in [-0.25, -0.2) is 14.4 Å². The fourth-order valence-electron chi connectivity index (χ4n) is 3.38. The Labute approximate surface area is 181 Å². The number of nitrogens with one attached hydrogen (secondary N) is 1. The highest BCUT2D eigenvalue weighted by atomic mass is 32.1. The van der Waals surface area contributed by atoms with Crippen LogP contribution in [0.5, 0.6) is 5.75 Å². The second kappa shape index (κ2) is 7.77. The first kappa shape index (κ1) is 19.1. The highest BCUT2D eigenvalue weighted by molar-refractivity contribution is 7.22. The van der Waals surface area contributed by atoms with E-state index in [4.69, 9.17) is 4.74 Å². The van der Waals surface area contributed by atoms with Gasteiger partial charge in [-0.3, -0.25) is 10.1 Å². The van der Waals surface area contributed by atoms with Crippen molar-refractivity contribution in [1.29, 1.82) is 0 Å². The van der Waals surface area contributed by atoms with Crippen LogP contribution in [-0.2, 0) is 0 Å².